The van der Waals surface area contributed by atoms with Gasteiger partial charge in [0.1, 0.15) is 5.75 Å². The van der Waals surface area contributed by atoms with E-state index < -0.39 is 0 Å². The van der Waals surface area contributed by atoms with E-state index in [4.69, 9.17) is 10.5 Å². The van der Waals surface area contributed by atoms with Crippen LogP contribution in [0.25, 0.3) is 0 Å². The minimum atomic E-state index is -0.282. The molecular formula is C21H30ClN3O3. The molecule has 3 unspecified atom stereocenters. The van der Waals surface area contributed by atoms with Crippen LogP contribution in [0, 0.1) is 17.8 Å². The quantitative estimate of drug-likeness (QED) is 0.803. The molecule has 7 heteroatoms. The van der Waals surface area contributed by atoms with Crippen LogP contribution in [-0.2, 0) is 9.59 Å². The van der Waals surface area contributed by atoms with Gasteiger partial charge in [-0.3, -0.25) is 9.59 Å². The molecule has 2 aliphatic carbocycles. The van der Waals surface area contributed by atoms with E-state index in [-0.39, 0.29) is 48.6 Å². The SMILES string of the molecule is COc1ccc(N2CC(C(=O)NC3C4CCCC3CC(N)C4)CC2=O)cc1.Cl. The highest BCUT2D eigenvalue weighted by Gasteiger charge is 2.42. The number of halogens is 1. The Morgan fingerprint density at radius 3 is 2.43 bits per heavy atom. The van der Waals surface area contributed by atoms with E-state index in [1.807, 2.05) is 24.3 Å². The molecule has 1 heterocycles. The van der Waals surface area contributed by atoms with Crippen LogP contribution in [0.15, 0.2) is 24.3 Å². The van der Waals surface area contributed by atoms with Gasteiger partial charge in [-0.1, -0.05) is 6.42 Å². The zero-order valence-electron chi connectivity index (χ0n) is 16.3. The Balaban J connectivity index is 0.00000225. The molecule has 4 rings (SSSR count). The summed E-state index contributed by atoms with van der Waals surface area (Å²) in [5.41, 5.74) is 7.00. The first-order valence-corrected chi connectivity index (χ1v) is 10.1. The molecule has 0 aromatic heterocycles. The maximum Gasteiger partial charge on any atom is 0.227 e. The van der Waals surface area contributed by atoms with E-state index in [0.29, 0.717) is 18.4 Å². The fourth-order valence-electron chi connectivity index (χ4n) is 5.20. The van der Waals surface area contributed by atoms with Gasteiger partial charge in [-0.05, 0) is 61.8 Å². The summed E-state index contributed by atoms with van der Waals surface area (Å²) in [6, 6.07) is 7.90. The standard InChI is InChI=1S/C21H29N3O3.ClH/c1-27-18-7-5-17(6-8-18)24-12-15(11-19(24)25)21(26)23-20-13-3-2-4-14(20)10-16(22)9-13;/h5-8,13-16,20H,2-4,9-12,22H2,1H3,(H,23,26);1H. The number of benzene rings is 1. The topological polar surface area (TPSA) is 84.7 Å². The Morgan fingerprint density at radius 2 is 1.82 bits per heavy atom. The van der Waals surface area contributed by atoms with Gasteiger partial charge in [-0.15, -0.1) is 12.4 Å². The molecule has 2 saturated carbocycles. The summed E-state index contributed by atoms with van der Waals surface area (Å²) in [7, 11) is 1.61. The van der Waals surface area contributed by atoms with Gasteiger partial charge in [0.2, 0.25) is 11.8 Å². The molecule has 3 fully saturated rings. The van der Waals surface area contributed by atoms with Gasteiger partial charge in [-0.2, -0.15) is 0 Å². The number of amides is 2. The highest BCUT2D eigenvalue weighted by atomic mass is 35.5. The summed E-state index contributed by atoms with van der Waals surface area (Å²) in [6.07, 6.45) is 5.82. The first kappa shape index (κ1) is 20.9. The van der Waals surface area contributed by atoms with Crippen molar-refractivity contribution in [2.75, 3.05) is 18.6 Å². The number of carbonyl (C=O) groups is 2. The molecule has 3 N–H and O–H groups in total. The predicted molar refractivity (Wildman–Crippen MR) is 111 cm³/mol. The lowest BCUT2D eigenvalue weighted by molar-refractivity contribution is -0.128. The van der Waals surface area contributed by atoms with E-state index in [9.17, 15) is 9.59 Å². The summed E-state index contributed by atoms with van der Waals surface area (Å²) >= 11 is 0. The fraction of sp³-hybridized carbons (Fsp3) is 0.619. The first-order chi connectivity index (χ1) is 13.0. The molecule has 3 atom stereocenters. The third-order valence-corrected chi connectivity index (χ3v) is 6.57. The van der Waals surface area contributed by atoms with Crippen LogP contribution in [0.4, 0.5) is 5.69 Å². The van der Waals surface area contributed by atoms with Crippen molar-refractivity contribution >= 4 is 29.9 Å². The molecular weight excluding hydrogens is 378 g/mol. The first-order valence-electron chi connectivity index (χ1n) is 10.1. The molecule has 1 aromatic carbocycles. The number of nitrogens with two attached hydrogens (primary N) is 1. The van der Waals surface area contributed by atoms with Gasteiger partial charge < -0.3 is 20.7 Å². The van der Waals surface area contributed by atoms with Crippen LogP contribution >= 0.6 is 12.4 Å². The number of fused-ring (bicyclic) bond motifs is 2. The average Bonchev–Trinajstić information content (AvgIpc) is 3.04. The van der Waals surface area contributed by atoms with Crippen LogP contribution < -0.4 is 20.7 Å². The van der Waals surface area contributed by atoms with Crippen molar-refractivity contribution in [1.29, 1.82) is 0 Å². The minimum Gasteiger partial charge on any atom is -0.497 e. The Hall–Kier alpha value is -1.79. The third-order valence-electron chi connectivity index (χ3n) is 6.57. The monoisotopic (exact) mass is 407 g/mol. The fourth-order valence-corrected chi connectivity index (χ4v) is 5.20. The van der Waals surface area contributed by atoms with Gasteiger partial charge in [-0.25, -0.2) is 0 Å². The number of carbonyl (C=O) groups excluding carboxylic acids is 2. The molecule has 0 radical (unpaired) electrons. The maximum absolute atomic E-state index is 12.9. The van der Waals surface area contributed by atoms with E-state index in [0.717, 1.165) is 37.1 Å². The van der Waals surface area contributed by atoms with Gasteiger partial charge in [0.05, 0.1) is 13.0 Å². The highest BCUT2D eigenvalue weighted by Crippen LogP contribution is 2.40. The van der Waals surface area contributed by atoms with E-state index >= 15 is 0 Å². The number of ether oxygens (including phenoxy) is 1. The number of hydrogen-bond donors (Lipinski definition) is 2. The number of hydrogen-bond acceptors (Lipinski definition) is 4. The summed E-state index contributed by atoms with van der Waals surface area (Å²) < 4.78 is 5.17. The highest BCUT2D eigenvalue weighted by molar-refractivity contribution is 6.00. The molecule has 154 valence electrons. The smallest absolute Gasteiger partial charge is 0.227 e. The second-order valence-corrected chi connectivity index (χ2v) is 8.32. The number of rotatable bonds is 4. The lowest BCUT2D eigenvalue weighted by Crippen LogP contribution is -2.54. The van der Waals surface area contributed by atoms with Crippen LogP contribution in [0.3, 0.4) is 0 Å². The zero-order valence-corrected chi connectivity index (χ0v) is 17.1. The van der Waals surface area contributed by atoms with Crippen molar-refractivity contribution in [2.24, 2.45) is 23.5 Å². The predicted octanol–water partition coefficient (Wildman–Crippen LogP) is 2.49. The second kappa shape index (κ2) is 8.70. The van der Waals surface area contributed by atoms with Crippen LogP contribution in [0.2, 0.25) is 0 Å². The Labute approximate surface area is 172 Å². The van der Waals surface area contributed by atoms with Crippen molar-refractivity contribution < 1.29 is 14.3 Å². The van der Waals surface area contributed by atoms with Gasteiger partial charge in [0.25, 0.3) is 0 Å². The van der Waals surface area contributed by atoms with Gasteiger partial charge in [0, 0.05) is 30.7 Å². The third kappa shape index (κ3) is 4.13. The van der Waals surface area contributed by atoms with Crippen LogP contribution in [0.5, 0.6) is 5.75 Å². The Kier molecular flexibility index (Phi) is 6.50. The average molecular weight is 408 g/mol. The molecule has 6 nitrogen and oxygen atoms in total. The summed E-state index contributed by atoms with van der Waals surface area (Å²) in [5.74, 6) is 1.48. The molecule has 0 spiro atoms. The normalized spacial score (nSPS) is 31.9. The summed E-state index contributed by atoms with van der Waals surface area (Å²) in [4.78, 5) is 27.1. The number of nitrogens with one attached hydrogen (secondary N) is 1. The number of methoxy groups -OCH3 is 1. The largest absolute Gasteiger partial charge is 0.497 e. The molecule has 28 heavy (non-hydrogen) atoms. The summed E-state index contributed by atoms with van der Waals surface area (Å²) in [6.45, 7) is 0.443. The lowest BCUT2D eigenvalue weighted by atomic mass is 9.67. The van der Waals surface area contributed by atoms with Crippen molar-refractivity contribution in [1.82, 2.24) is 5.32 Å². The lowest BCUT2D eigenvalue weighted by Gasteiger charge is -2.45. The van der Waals surface area contributed by atoms with E-state index in [1.165, 1.54) is 6.42 Å². The van der Waals surface area contributed by atoms with Gasteiger partial charge in [0.15, 0.2) is 0 Å². The maximum atomic E-state index is 12.9. The number of nitrogens with zero attached hydrogens (tertiary/aromatic N) is 1. The van der Waals surface area contributed by atoms with Crippen LogP contribution in [0.1, 0.15) is 38.5 Å². The molecule has 1 saturated heterocycles. The van der Waals surface area contributed by atoms with Crippen LogP contribution in [-0.4, -0.2) is 37.6 Å². The molecule has 1 aliphatic heterocycles. The summed E-state index contributed by atoms with van der Waals surface area (Å²) in [5, 5.41) is 3.30. The Morgan fingerprint density at radius 1 is 1.18 bits per heavy atom. The van der Waals surface area contributed by atoms with Crippen molar-refractivity contribution in [3.05, 3.63) is 24.3 Å². The minimum absolute atomic E-state index is 0. The molecule has 2 bridgehead atoms. The molecule has 2 amide bonds. The number of anilines is 1. The van der Waals surface area contributed by atoms with Crippen molar-refractivity contribution in [3.63, 3.8) is 0 Å². The second-order valence-electron chi connectivity index (χ2n) is 8.32. The van der Waals surface area contributed by atoms with E-state index in [2.05, 4.69) is 5.32 Å². The van der Waals surface area contributed by atoms with Crippen molar-refractivity contribution in [3.8, 4) is 5.75 Å². The molecule has 3 aliphatic rings. The van der Waals surface area contributed by atoms with E-state index in [1.54, 1.807) is 12.0 Å². The van der Waals surface area contributed by atoms with Crippen molar-refractivity contribution in [2.45, 2.75) is 50.6 Å². The zero-order chi connectivity index (χ0) is 19.0. The Bertz CT molecular complexity index is 697. The molecule has 1 aromatic rings. The van der Waals surface area contributed by atoms with Gasteiger partial charge >= 0.3 is 0 Å².